The first-order valence-electron chi connectivity index (χ1n) is 9.63. The van der Waals surface area contributed by atoms with E-state index in [1.807, 2.05) is 30.3 Å². The van der Waals surface area contributed by atoms with Gasteiger partial charge >= 0.3 is 6.03 Å². The van der Waals surface area contributed by atoms with Crippen LogP contribution in [0.1, 0.15) is 30.0 Å². The average molecular weight is 411 g/mol. The number of hydrogen-bond acceptors (Lipinski definition) is 5. The van der Waals surface area contributed by atoms with Crippen LogP contribution in [0.25, 0.3) is 0 Å². The first-order chi connectivity index (χ1) is 14.4. The summed E-state index contributed by atoms with van der Waals surface area (Å²) in [4.78, 5) is 38.9. The Balaban J connectivity index is 1.80. The highest BCUT2D eigenvalue weighted by atomic mass is 16.5. The summed E-state index contributed by atoms with van der Waals surface area (Å²) in [5.74, 6) is -1.08. The third kappa shape index (κ3) is 4.44. The van der Waals surface area contributed by atoms with E-state index in [1.165, 1.54) is 0 Å². The molecule has 1 aliphatic rings. The predicted octanol–water partition coefficient (Wildman–Crippen LogP) is 1.96. The van der Waals surface area contributed by atoms with Crippen LogP contribution in [0.3, 0.4) is 0 Å². The minimum atomic E-state index is -1.10. The number of nitrogens with zero attached hydrogens (tertiary/aromatic N) is 1. The Labute approximate surface area is 174 Å². The maximum atomic E-state index is 13.1. The van der Waals surface area contributed by atoms with Crippen LogP contribution >= 0.6 is 0 Å². The number of rotatable bonds is 9. The van der Waals surface area contributed by atoms with Crippen LogP contribution in [0.4, 0.5) is 4.79 Å². The lowest BCUT2D eigenvalue weighted by Crippen LogP contribution is -2.51. The summed E-state index contributed by atoms with van der Waals surface area (Å²) < 4.78 is 10.5. The maximum Gasteiger partial charge on any atom is 0.325 e. The van der Waals surface area contributed by atoms with Gasteiger partial charge in [-0.1, -0.05) is 49.4 Å². The van der Waals surface area contributed by atoms with E-state index in [0.29, 0.717) is 24.5 Å². The third-order valence-corrected chi connectivity index (χ3v) is 5.11. The second-order valence-electron chi connectivity index (χ2n) is 7.05. The topological polar surface area (TPSA) is 111 Å². The average Bonchev–Trinajstić information content (AvgIpc) is 3.04. The SMILES string of the molecule is COCCOc1ccc([C@H]2NC(=O)N(C(C(N)=O)C(C)c3ccccc3)C2=O)cc1. The molecule has 2 unspecified atom stereocenters. The largest absolute Gasteiger partial charge is 0.491 e. The van der Waals surface area contributed by atoms with E-state index in [9.17, 15) is 14.4 Å². The quantitative estimate of drug-likeness (QED) is 0.484. The Morgan fingerprint density at radius 3 is 2.37 bits per heavy atom. The van der Waals surface area contributed by atoms with E-state index in [0.717, 1.165) is 10.5 Å². The van der Waals surface area contributed by atoms with E-state index < -0.39 is 35.8 Å². The highest BCUT2D eigenvalue weighted by Crippen LogP contribution is 2.30. The van der Waals surface area contributed by atoms with Crippen molar-refractivity contribution in [3.05, 3.63) is 65.7 Å². The molecule has 1 aliphatic heterocycles. The van der Waals surface area contributed by atoms with Crippen molar-refractivity contribution < 1.29 is 23.9 Å². The summed E-state index contributed by atoms with van der Waals surface area (Å²) >= 11 is 0. The molecule has 1 saturated heterocycles. The summed E-state index contributed by atoms with van der Waals surface area (Å²) in [5.41, 5.74) is 7.00. The Hall–Kier alpha value is -3.39. The van der Waals surface area contributed by atoms with E-state index in [1.54, 1.807) is 38.3 Å². The lowest BCUT2D eigenvalue weighted by atomic mass is 9.91. The molecule has 8 nitrogen and oxygen atoms in total. The highest BCUT2D eigenvalue weighted by molar-refractivity contribution is 6.08. The normalized spacial score (nSPS) is 18.1. The number of primary amides is 1. The van der Waals surface area contributed by atoms with Crippen molar-refractivity contribution in [2.24, 2.45) is 5.73 Å². The fraction of sp³-hybridized carbons (Fsp3) is 0.318. The molecule has 2 aromatic carbocycles. The molecular formula is C22H25N3O5. The molecule has 2 aromatic rings. The van der Waals surface area contributed by atoms with E-state index >= 15 is 0 Å². The lowest BCUT2D eigenvalue weighted by Gasteiger charge is -2.28. The predicted molar refractivity (Wildman–Crippen MR) is 110 cm³/mol. The van der Waals surface area contributed by atoms with Gasteiger partial charge in [-0.3, -0.25) is 9.59 Å². The van der Waals surface area contributed by atoms with E-state index in [4.69, 9.17) is 15.2 Å². The molecule has 0 spiro atoms. The Bertz CT molecular complexity index is 901. The smallest absolute Gasteiger partial charge is 0.325 e. The number of methoxy groups -OCH3 is 1. The fourth-order valence-electron chi connectivity index (χ4n) is 3.52. The van der Waals surface area contributed by atoms with Gasteiger partial charge in [0.15, 0.2) is 0 Å². The van der Waals surface area contributed by atoms with E-state index in [2.05, 4.69) is 5.32 Å². The van der Waals surface area contributed by atoms with Gasteiger partial charge in [-0.2, -0.15) is 0 Å². The molecule has 4 amide bonds. The van der Waals surface area contributed by atoms with Crippen molar-refractivity contribution in [1.29, 1.82) is 0 Å². The van der Waals surface area contributed by atoms with Gasteiger partial charge in [0.25, 0.3) is 5.91 Å². The summed E-state index contributed by atoms with van der Waals surface area (Å²) in [5, 5.41) is 2.65. The molecule has 0 aromatic heterocycles. The van der Waals surface area contributed by atoms with E-state index in [-0.39, 0.29) is 0 Å². The molecular weight excluding hydrogens is 386 g/mol. The Morgan fingerprint density at radius 1 is 1.10 bits per heavy atom. The zero-order valence-corrected chi connectivity index (χ0v) is 16.9. The fourth-order valence-corrected chi connectivity index (χ4v) is 3.52. The van der Waals surface area contributed by atoms with Crippen LogP contribution < -0.4 is 15.8 Å². The van der Waals surface area contributed by atoms with Crippen LogP contribution in [0.5, 0.6) is 5.75 Å². The van der Waals surface area contributed by atoms with Crippen LogP contribution in [0.2, 0.25) is 0 Å². The molecule has 1 heterocycles. The molecule has 0 aliphatic carbocycles. The van der Waals surface area contributed by atoms with Gasteiger partial charge in [-0.15, -0.1) is 0 Å². The monoisotopic (exact) mass is 411 g/mol. The number of amides is 4. The van der Waals surface area contributed by atoms with Crippen LogP contribution in [-0.2, 0) is 14.3 Å². The standard InChI is InChI=1S/C22H25N3O5/c1-14(15-6-4-3-5-7-15)19(20(23)26)25-21(27)18(24-22(25)28)16-8-10-17(11-9-16)30-13-12-29-2/h3-11,14,18-19H,12-13H2,1-2H3,(H2,23,26)(H,24,28)/t14?,18-,19?/m1/s1. The first-order valence-corrected chi connectivity index (χ1v) is 9.63. The zero-order valence-electron chi connectivity index (χ0n) is 16.9. The van der Waals surface area contributed by atoms with Gasteiger partial charge in [-0.05, 0) is 23.3 Å². The molecule has 3 N–H and O–H groups in total. The molecule has 158 valence electrons. The van der Waals surface area contributed by atoms with Crippen LogP contribution in [0.15, 0.2) is 54.6 Å². The molecule has 0 radical (unpaired) electrons. The number of nitrogens with one attached hydrogen (secondary N) is 1. The molecule has 3 atom stereocenters. The molecule has 1 fully saturated rings. The Kier molecular flexibility index (Phi) is 6.68. The Morgan fingerprint density at radius 2 is 1.77 bits per heavy atom. The van der Waals surface area contributed by atoms with Crippen molar-refractivity contribution in [2.75, 3.05) is 20.3 Å². The van der Waals surface area contributed by atoms with Gasteiger partial charge in [0.1, 0.15) is 24.4 Å². The summed E-state index contributed by atoms with van der Waals surface area (Å²) in [6.07, 6.45) is 0. The number of benzene rings is 2. The lowest BCUT2D eigenvalue weighted by molar-refractivity contribution is -0.135. The molecule has 30 heavy (non-hydrogen) atoms. The van der Waals surface area contributed by atoms with Crippen LogP contribution in [0, 0.1) is 0 Å². The number of urea groups is 1. The summed E-state index contributed by atoms with van der Waals surface area (Å²) in [6, 6.07) is 13.4. The van der Waals surface area contributed by atoms with Crippen molar-refractivity contribution >= 4 is 17.8 Å². The van der Waals surface area contributed by atoms with Crippen molar-refractivity contribution in [2.45, 2.75) is 24.9 Å². The molecule has 3 rings (SSSR count). The number of carbonyl (C=O) groups excluding carboxylic acids is 3. The number of carbonyl (C=O) groups is 3. The maximum absolute atomic E-state index is 13.1. The minimum Gasteiger partial charge on any atom is -0.491 e. The third-order valence-electron chi connectivity index (χ3n) is 5.11. The minimum absolute atomic E-state index is 0.403. The number of ether oxygens (including phenoxy) is 2. The van der Waals surface area contributed by atoms with Crippen molar-refractivity contribution in [1.82, 2.24) is 10.2 Å². The second-order valence-corrected chi connectivity index (χ2v) is 7.05. The number of imide groups is 1. The molecule has 0 bridgehead atoms. The summed E-state index contributed by atoms with van der Waals surface area (Å²) in [7, 11) is 1.59. The number of nitrogens with two attached hydrogens (primary N) is 1. The van der Waals surface area contributed by atoms with Gasteiger partial charge in [0, 0.05) is 13.0 Å². The van der Waals surface area contributed by atoms with Gasteiger partial charge < -0.3 is 20.5 Å². The van der Waals surface area contributed by atoms with Crippen LogP contribution in [-0.4, -0.2) is 49.1 Å². The second kappa shape index (κ2) is 9.41. The molecule has 8 heteroatoms. The van der Waals surface area contributed by atoms with Crippen molar-refractivity contribution in [3.63, 3.8) is 0 Å². The highest BCUT2D eigenvalue weighted by Gasteiger charge is 2.46. The first kappa shape index (κ1) is 21.3. The van der Waals surface area contributed by atoms with Gasteiger partial charge in [-0.25, -0.2) is 9.69 Å². The summed E-state index contributed by atoms with van der Waals surface area (Å²) in [6.45, 7) is 2.63. The van der Waals surface area contributed by atoms with Crippen molar-refractivity contribution in [3.8, 4) is 5.75 Å². The van der Waals surface area contributed by atoms with Gasteiger partial charge in [0.05, 0.1) is 6.61 Å². The number of hydrogen-bond donors (Lipinski definition) is 2. The zero-order chi connectivity index (χ0) is 21.7. The molecule has 0 saturated carbocycles. The van der Waals surface area contributed by atoms with Gasteiger partial charge in [0.2, 0.25) is 5.91 Å².